The van der Waals surface area contributed by atoms with E-state index in [9.17, 15) is 14.0 Å². The Hall–Kier alpha value is -2.51. The minimum atomic E-state index is -0.355. The van der Waals surface area contributed by atoms with E-state index in [1.54, 1.807) is 29.2 Å². The van der Waals surface area contributed by atoms with Gasteiger partial charge in [0.05, 0.1) is 19.6 Å². The zero-order valence-corrected chi connectivity index (χ0v) is 17.1. The topological polar surface area (TPSA) is 55.8 Å². The Morgan fingerprint density at radius 3 is 2.86 bits per heavy atom. The van der Waals surface area contributed by atoms with Crippen LogP contribution in [-0.2, 0) is 19.1 Å². The maximum atomic E-state index is 14.0. The van der Waals surface area contributed by atoms with Gasteiger partial charge in [0.15, 0.2) is 0 Å². The number of carbonyl (C=O) groups is 2. The summed E-state index contributed by atoms with van der Waals surface area (Å²) in [6.07, 6.45) is 5.23. The van der Waals surface area contributed by atoms with Crippen LogP contribution in [0.15, 0.2) is 42.5 Å². The molecule has 1 saturated heterocycles. The Balaban J connectivity index is 1.66. The van der Waals surface area contributed by atoms with Crippen molar-refractivity contribution in [2.75, 3.05) is 26.8 Å². The number of rotatable bonds is 8. The Bertz CT molecular complexity index is 873. The van der Waals surface area contributed by atoms with Gasteiger partial charge in [-0.1, -0.05) is 18.2 Å². The molecule has 1 amide bonds. The van der Waals surface area contributed by atoms with Crippen LogP contribution in [0.4, 0.5) is 4.39 Å². The second-order valence-electron chi connectivity index (χ2n) is 6.76. The molecule has 1 aliphatic heterocycles. The average molecular weight is 418 g/mol. The lowest BCUT2D eigenvalue weighted by atomic mass is 10.2. The van der Waals surface area contributed by atoms with E-state index in [1.807, 2.05) is 12.1 Å². The molecule has 2 heterocycles. The summed E-state index contributed by atoms with van der Waals surface area (Å²) in [5.74, 6) is -0.816. The number of halogens is 1. The van der Waals surface area contributed by atoms with Crippen LogP contribution in [0.3, 0.4) is 0 Å². The van der Waals surface area contributed by atoms with Crippen LogP contribution >= 0.6 is 11.3 Å². The third kappa shape index (κ3) is 5.98. The standard InChI is InChI=1S/C22H24FNO4S/c1-27-22(26)12-13-24(15-16-5-4-14-28-16)21(25)11-9-17-8-10-20(29-17)18-6-2-3-7-19(18)23/h2-3,6-11,16H,4-5,12-15H2,1H3. The highest BCUT2D eigenvalue weighted by atomic mass is 32.1. The van der Waals surface area contributed by atoms with Crippen LogP contribution in [0.5, 0.6) is 0 Å². The molecule has 1 atom stereocenters. The van der Waals surface area contributed by atoms with Gasteiger partial charge in [-0.3, -0.25) is 9.59 Å². The molecule has 0 radical (unpaired) electrons. The highest BCUT2D eigenvalue weighted by Crippen LogP contribution is 2.30. The second kappa shape index (κ2) is 10.3. The minimum absolute atomic E-state index is 0.000562. The van der Waals surface area contributed by atoms with Crippen molar-refractivity contribution in [1.29, 1.82) is 0 Å². The van der Waals surface area contributed by atoms with Gasteiger partial charge in [0.2, 0.25) is 5.91 Å². The first-order valence-corrected chi connectivity index (χ1v) is 10.4. The van der Waals surface area contributed by atoms with Gasteiger partial charge in [-0.2, -0.15) is 0 Å². The van der Waals surface area contributed by atoms with Gasteiger partial charge in [-0.15, -0.1) is 11.3 Å². The Morgan fingerprint density at radius 1 is 1.31 bits per heavy atom. The highest BCUT2D eigenvalue weighted by molar-refractivity contribution is 7.16. The molecule has 1 aromatic heterocycles. The molecular weight excluding hydrogens is 393 g/mol. The molecule has 29 heavy (non-hydrogen) atoms. The molecular formula is C22H24FNO4S. The molecule has 0 N–H and O–H groups in total. The number of hydrogen-bond acceptors (Lipinski definition) is 5. The largest absolute Gasteiger partial charge is 0.469 e. The van der Waals surface area contributed by atoms with Gasteiger partial charge >= 0.3 is 5.97 Å². The lowest BCUT2D eigenvalue weighted by Gasteiger charge is -2.23. The Kier molecular flexibility index (Phi) is 7.55. The zero-order valence-electron chi connectivity index (χ0n) is 16.3. The van der Waals surface area contributed by atoms with Gasteiger partial charge in [-0.25, -0.2) is 4.39 Å². The van der Waals surface area contributed by atoms with Crippen molar-refractivity contribution in [3.8, 4) is 10.4 Å². The molecule has 1 unspecified atom stereocenters. The fraction of sp³-hybridized carbons (Fsp3) is 0.364. The first-order chi connectivity index (χ1) is 14.1. The molecule has 0 bridgehead atoms. The number of carbonyl (C=O) groups excluding carboxylic acids is 2. The van der Waals surface area contributed by atoms with Crippen LogP contribution in [-0.4, -0.2) is 49.7 Å². The summed E-state index contributed by atoms with van der Waals surface area (Å²) in [4.78, 5) is 27.5. The molecule has 0 spiro atoms. The molecule has 2 aromatic rings. The maximum absolute atomic E-state index is 14.0. The minimum Gasteiger partial charge on any atom is -0.469 e. The Labute approximate surface area is 173 Å². The van der Waals surface area contributed by atoms with Crippen LogP contribution in [0, 0.1) is 5.82 Å². The molecule has 154 valence electrons. The molecule has 1 aliphatic rings. The number of nitrogens with zero attached hydrogens (tertiary/aromatic N) is 1. The second-order valence-corrected chi connectivity index (χ2v) is 7.88. The molecule has 0 aliphatic carbocycles. The molecule has 1 fully saturated rings. The van der Waals surface area contributed by atoms with Crippen molar-refractivity contribution < 1.29 is 23.5 Å². The van der Waals surface area contributed by atoms with Crippen molar-refractivity contribution in [3.63, 3.8) is 0 Å². The lowest BCUT2D eigenvalue weighted by Crippen LogP contribution is -2.37. The van der Waals surface area contributed by atoms with Gasteiger partial charge in [0.25, 0.3) is 0 Å². The molecule has 7 heteroatoms. The predicted molar refractivity (Wildman–Crippen MR) is 111 cm³/mol. The lowest BCUT2D eigenvalue weighted by molar-refractivity contribution is -0.141. The molecule has 3 rings (SSSR count). The number of hydrogen-bond donors (Lipinski definition) is 0. The van der Waals surface area contributed by atoms with Gasteiger partial charge in [0.1, 0.15) is 5.82 Å². The van der Waals surface area contributed by atoms with E-state index >= 15 is 0 Å². The summed E-state index contributed by atoms with van der Waals surface area (Å²) in [7, 11) is 1.33. The zero-order chi connectivity index (χ0) is 20.6. The van der Waals surface area contributed by atoms with Gasteiger partial charge in [0, 0.05) is 41.1 Å². The highest BCUT2D eigenvalue weighted by Gasteiger charge is 2.22. The average Bonchev–Trinajstić information content (AvgIpc) is 3.41. The first-order valence-electron chi connectivity index (χ1n) is 9.57. The third-order valence-electron chi connectivity index (χ3n) is 4.73. The van der Waals surface area contributed by atoms with Crippen LogP contribution in [0.1, 0.15) is 24.1 Å². The predicted octanol–water partition coefficient (Wildman–Crippen LogP) is 4.14. The fourth-order valence-corrected chi connectivity index (χ4v) is 4.10. The number of benzene rings is 1. The van der Waals surface area contributed by atoms with Gasteiger partial charge < -0.3 is 14.4 Å². The molecule has 1 aromatic carbocycles. The van der Waals surface area contributed by atoms with E-state index < -0.39 is 0 Å². The quantitative estimate of drug-likeness (QED) is 0.479. The van der Waals surface area contributed by atoms with E-state index in [1.165, 1.54) is 30.6 Å². The number of methoxy groups -OCH3 is 1. The number of amides is 1. The normalized spacial score (nSPS) is 16.3. The van der Waals surface area contributed by atoms with Crippen LogP contribution < -0.4 is 0 Å². The number of esters is 1. The van der Waals surface area contributed by atoms with E-state index in [-0.39, 0.29) is 36.8 Å². The van der Waals surface area contributed by atoms with E-state index in [4.69, 9.17) is 4.74 Å². The van der Waals surface area contributed by atoms with E-state index in [2.05, 4.69) is 4.74 Å². The van der Waals surface area contributed by atoms with E-state index in [0.29, 0.717) is 18.7 Å². The molecule has 0 saturated carbocycles. The SMILES string of the molecule is COC(=O)CCN(CC1CCCO1)C(=O)C=Cc1ccc(-c2ccccc2F)s1. The monoisotopic (exact) mass is 417 g/mol. The van der Waals surface area contributed by atoms with Crippen molar-refractivity contribution in [2.45, 2.75) is 25.4 Å². The van der Waals surface area contributed by atoms with Crippen LogP contribution in [0.2, 0.25) is 0 Å². The summed E-state index contributed by atoms with van der Waals surface area (Å²) in [5.41, 5.74) is 0.543. The maximum Gasteiger partial charge on any atom is 0.307 e. The smallest absolute Gasteiger partial charge is 0.307 e. The third-order valence-corrected chi connectivity index (χ3v) is 5.81. The summed E-state index contributed by atoms with van der Waals surface area (Å²) in [5, 5.41) is 0. The van der Waals surface area contributed by atoms with Crippen LogP contribution in [0.25, 0.3) is 16.5 Å². The summed E-state index contributed by atoms with van der Waals surface area (Å²) in [6, 6.07) is 10.3. The summed E-state index contributed by atoms with van der Waals surface area (Å²) < 4.78 is 24.3. The van der Waals surface area contributed by atoms with Crippen molar-refractivity contribution in [2.24, 2.45) is 0 Å². The van der Waals surface area contributed by atoms with Crippen molar-refractivity contribution >= 4 is 29.3 Å². The van der Waals surface area contributed by atoms with Gasteiger partial charge in [-0.05, 0) is 37.1 Å². The summed E-state index contributed by atoms with van der Waals surface area (Å²) in [6.45, 7) is 1.43. The summed E-state index contributed by atoms with van der Waals surface area (Å²) >= 11 is 1.41. The van der Waals surface area contributed by atoms with Crippen molar-refractivity contribution in [1.82, 2.24) is 4.90 Å². The van der Waals surface area contributed by atoms with E-state index in [0.717, 1.165) is 22.6 Å². The first kappa shape index (κ1) is 21.2. The Morgan fingerprint density at radius 2 is 2.14 bits per heavy atom. The van der Waals surface area contributed by atoms with Crippen molar-refractivity contribution in [3.05, 3.63) is 53.2 Å². The fourth-order valence-electron chi connectivity index (χ4n) is 3.16. The number of ether oxygens (including phenoxy) is 2. The number of thiophene rings is 1. The molecule has 5 nitrogen and oxygen atoms in total.